The number of likely N-dealkylation sites (tertiary alicyclic amines) is 1. The Morgan fingerprint density at radius 3 is 2.59 bits per heavy atom. The average molecular weight is 237 g/mol. The molecule has 0 radical (unpaired) electrons. The molecule has 1 aliphatic rings. The molecule has 1 heterocycles. The lowest BCUT2D eigenvalue weighted by Gasteiger charge is -2.29. The van der Waals surface area contributed by atoms with Gasteiger partial charge in [0.25, 0.3) is 0 Å². The van der Waals surface area contributed by atoms with Crippen molar-refractivity contribution in [3.63, 3.8) is 0 Å². The lowest BCUT2D eigenvalue weighted by molar-refractivity contribution is -0.133. The third-order valence-corrected chi connectivity index (χ3v) is 3.27. The molecule has 1 rings (SSSR count). The van der Waals surface area contributed by atoms with Gasteiger partial charge in [0, 0.05) is 19.6 Å². The summed E-state index contributed by atoms with van der Waals surface area (Å²) in [5.41, 5.74) is 0. The summed E-state index contributed by atoms with van der Waals surface area (Å²) < 4.78 is 0. The topological polar surface area (TPSA) is 47.3 Å². The molecule has 1 aliphatic heterocycles. The third-order valence-electron chi connectivity index (χ3n) is 3.27. The summed E-state index contributed by atoms with van der Waals surface area (Å²) in [6, 6.07) is 2.22. The van der Waals surface area contributed by atoms with E-state index in [9.17, 15) is 4.79 Å². The number of nitriles is 1. The number of carbonyl (C=O) groups excluding carboxylic acids is 1. The maximum absolute atomic E-state index is 12.0. The maximum Gasteiger partial charge on any atom is 0.236 e. The first-order chi connectivity index (χ1) is 8.17. The SMILES string of the molecule is CCN(CC(=O)N1CCCCC1)CC(C)C#N. The molecule has 0 N–H and O–H groups in total. The zero-order chi connectivity index (χ0) is 12.7. The summed E-state index contributed by atoms with van der Waals surface area (Å²) in [5, 5.41) is 8.79. The highest BCUT2D eigenvalue weighted by atomic mass is 16.2. The first-order valence-electron chi connectivity index (χ1n) is 6.57. The monoisotopic (exact) mass is 237 g/mol. The van der Waals surface area contributed by atoms with Crippen LogP contribution in [-0.2, 0) is 4.79 Å². The highest BCUT2D eigenvalue weighted by Gasteiger charge is 2.19. The van der Waals surface area contributed by atoms with Crippen LogP contribution in [0.5, 0.6) is 0 Å². The van der Waals surface area contributed by atoms with Crippen molar-refractivity contribution in [3.05, 3.63) is 0 Å². The minimum atomic E-state index is -0.0101. The first-order valence-corrected chi connectivity index (χ1v) is 6.57. The van der Waals surface area contributed by atoms with Crippen LogP contribution < -0.4 is 0 Å². The molecule has 0 aromatic rings. The number of piperidine rings is 1. The molecule has 0 aliphatic carbocycles. The molecule has 1 saturated heterocycles. The molecule has 0 spiro atoms. The minimum absolute atomic E-state index is 0.0101. The smallest absolute Gasteiger partial charge is 0.236 e. The van der Waals surface area contributed by atoms with Crippen molar-refractivity contribution in [1.29, 1.82) is 5.26 Å². The molecule has 4 nitrogen and oxygen atoms in total. The van der Waals surface area contributed by atoms with Crippen LogP contribution in [0.25, 0.3) is 0 Å². The second-order valence-electron chi connectivity index (χ2n) is 4.80. The van der Waals surface area contributed by atoms with E-state index >= 15 is 0 Å². The zero-order valence-corrected chi connectivity index (χ0v) is 11.0. The van der Waals surface area contributed by atoms with Crippen molar-refractivity contribution in [2.45, 2.75) is 33.1 Å². The zero-order valence-electron chi connectivity index (χ0n) is 11.0. The molecular weight excluding hydrogens is 214 g/mol. The number of hydrogen-bond donors (Lipinski definition) is 0. The first kappa shape index (κ1) is 14.0. The van der Waals surface area contributed by atoms with Crippen LogP contribution in [0.4, 0.5) is 0 Å². The van der Waals surface area contributed by atoms with E-state index in [0.717, 1.165) is 32.5 Å². The average Bonchev–Trinajstić information content (AvgIpc) is 2.38. The Bertz CT molecular complexity index is 279. The van der Waals surface area contributed by atoms with Gasteiger partial charge in [0.05, 0.1) is 18.5 Å². The summed E-state index contributed by atoms with van der Waals surface area (Å²) >= 11 is 0. The molecule has 0 aromatic heterocycles. The van der Waals surface area contributed by atoms with Crippen LogP contribution >= 0.6 is 0 Å². The van der Waals surface area contributed by atoms with Crippen molar-refractivity contribution in [1.82, 2.24) is 9.80 Å². The largest absolute Gasteiger partial charge is 0.342 e. The Labute approximate surface area is 104 Å². The summed E-state index contributed by atoms with van der Waals surface area (Å²) in [7, 11) is 0. The Kier molecular flexibility index (Phi) is 5.99. The Balaban J connectivity index is 2.39. The van der Waals surface area contributed by atoms with Crippen molar-refractivity contribution in [2.24, 2.45) is 5.92 Å². The second-order valence-corrected chi connectivity index (χ2v) is 4.80. The number of nitrogens with zero attached hydrogens (tertiary/aromatic N) is 3. The highest BCUT2D eigenvalue weighted by Crippen LogP contribution is 2.09. The van der Waals surface area contributed by atoms with Crippen LogP contribution in [0.15, 0.2) is 0 Å². The predicted molar refractivity (Wildman–Crippen MR) is 67.3 cm³/mol. The van der Waals surface area contributed by atoms with Gasteiger partial charge in [0.1, 0.15) is 0 Å². The Hall–Kier alpha value is -1.08. The van der Waals surface area contributed by atoms with E-state index in [1.54, 1.807) is 0 Å². The van der Waals surface area contributed by atoms with Gasteiger partial charge in [0.15, 0.2) is 0 Å². The molecular formula is C13H23N3O. The van der Waals surface area contributed by atoms with Gasteiger partial charge in [-0.25, -0.2) is 0 Å². The van der Waals surface area contributed by atoms with Gasteiger partial charge in [0.2, 0.25) is 5.91 Å². The number of hydrogen-bond acceptors (Lipinski definition) is 3. The van der Waals surface area contributed by atoms with Gasteiger partial charge in [-0.1, -0.05) is 6.92 Å². The molecule has 0 bridgehead atoms. The normalized spacial score (nSPS) is 17.9. The van der Waals surface area contributed by atoms with Crippen LogP contribution in [0.3, 0.4) is 0 Å². The van der Waals surface area contributed by atoms with Crippen molar-refractivity contribution in [3.8, 4) is 6.07 Å². The van der Waals surface area contributed by atoms with Crippen molar-refractivity contribution >= 4 is 5.91 Å². The van der Waals surface area contributed by atoms with E-state index in [1.165, 1.54) is 6.42 Å². The third kappa shape index (κ3) is 4.74. The molecule has 1 unspecified atom stereocenters. The standard InChI is InChI=1S/C13H23N3O/c1-3-15(10-12(2)9-14)11-13(17)16-7-5-4-6-8-16/h12H,3-8,10-11H2,1-2H3. The fraction of sp³-hybridized carbons (Fsp3) is 0.846. The fourth-order valence-electron chi connectivity index (χ4n) is 2.17. The maximum atomic E-state index is 12.0. The van der Waals surface area contributed by atoms with E-state index in [4.69, 9.17) is 5.26 Å². The molecule has 1 atom stereocenters. The summed E-state index contributed by atoms with van der Waals surface area (Å²) in [6.45, 7) is 7.72. The van der Waals surface area contributed by atoms with E-state index in [-0.39, 0.29) is 11.8 Å². The molecule has 0 saturated carbocycles. The minimum Gasteiger partial charge on any atom is -0.342 e. The fourth-order valence-corrected chi connectivity index (χ4v) is 2.17. The molecule has 17 heavy (non-hydrogen) atoms. The molecule has 96 valence electrons. The molecule has 0 aromatic carbocycles. The van der Waals surface area contributed by atoms with E-state index < -0.39 is 0 Å². The van der Waals surface area contributed by atoms with E-state index in [1.807, 2.05) is 18.7 Å². The Morgan fingerprint density at radius 1 is 1.41 bits per heavy atom. The lowest BCUT2D eigenvalue weighted by atomic mass is 10.1. The Morgan fingerprint density at radius 2 is 2.06 bits per heavy atom. The second kappa shape index (κ2) is 7.29. The van der Waals surface area contributed by atoms with Crippen molar-refractivity contribution in [2.75, 3.05) is 32.7 Å². The van der Waals surface area contributed by atoms with Crippen LogP contribution in [0.1, 0.15) is 33.1 Å². The van der Waals surface area contributed by atoms with Gasteiger partial charge >= 0.3 is 0 Å². The van der Waals surface area contributed by atoms with Gasteiger partial charge in [-0.05, 0) is 32.7 Å². The van der Waals surface area contributed by atoms with Crippen LogP contribution in [0, 0.1) is 17.2 Å². The van der Waals surface area contributed by atoms with Gasteiger partial charge < -0.3 is 4.90 Å². The van der Waals surface area contributed by atoms with Gasteiger partial charge in [-0.3, -0.25) is 9.69 Å². The molecule has 1 fully saturated rings. The number of amides is 1. The van der Waals surface area contributed by atoms with E-state index in [0.29, 0.717) is 13.1 Å². The predicted octanol–water partition coefficient (Wildman–Crippen LogP) is 1.48. The highest BCUT2D eigenvalue weighted by molar-refractivity contribution is 5.78. The molecule has 1 amide bonds. The van der Waals surface area contributed by atoms with Gasteiger partial charge in [-0.2, -0.15) is 5.26 Å². The van der Waals surface area contributed by atoms with Gasteiger partial charge in [-0.15, -0.1) is 0 Å². The lowest BCUT2D eigenvalue weighted by Crippen LogP contribution is -2.43. The number of carbonyl (C=O) groups is 1. The van der Waals surface area contributed by atoms with E-state index in [2.05, 4.69) is 11.0 Å². The summed E-state index contributed by atoms with van der Waals surface area (Å²) in [6.07, 6.45) is 3.51. The van der Waals surface area contributed by atoms with Crippen LogP contribution in [-0.4, -0.2) is 48.4 Å². The van der Waals surface area contributed by atoms with Crippen molar-refractivity contribution < 1.29 is 4.79 Å². The molecule has 4 heteroatoms. The summed E-state index contributed by atoms with van der Waals surface area (Å²) in [4.78, 5) is 16.1. The number of likely N-dealkylation sites (N-methyl/N-ethyl adjacent to an activating group) is 1. The van der Waals surface area contributed by atoms with Crippen LogP contribution in [0.2, 0.25) is 0 Å². The quantitative estimate of drug-likeness (QED) is 0.727. The summed E-state index contributed by atoms with van der Waals surface area (Å²) in [5.74, 6) is 0.209. The number of rotatable bonds is 5.